The van der Waals surface area contributed by atoms with Gasteiger partial charge in [0.25, 0.3) is 0 Å². The third-order valence-corrected chi connectivity index (χ3v) is 8.22. The Morgan fingerprint density at radius 1 is 1.12 bits per heavy atom. The van der Waals surface area contributed by atoms with Gasteiger partial charge >= 0.3 is 6.18 Å². The maximum absolute atomic E-state index is 14.4. The minimum atomic E-state index is -4.52. The molecule has 2 heterocycles. The maximum atomic E-state index is 14.4. The lowest BCUT2D eigenvalue weighted by Crippen LogP contribution is -2.29. The van der Waals surface area contributed by atoms with Crippen molar-refractivity contribution < 1.29 is 22.7 Å². The second-order valence-corrected chi connectivity index (χ2v) is 11.1. The van der Waals surface area contributed by atoms with Crippen molar-refractivity contribution in [3.63, 3.8) is 0 Å². The number of benzene rings is 2. The number of hydrazone groups is 1. The lowest BCUT2D eigenvalue weighted by atomic mass is 9.94. The Bertz CT molecular complexity index is 1370. The SMILES string of the molecule is C/C=C1/C2=C(CCC2)C(c2cc(CC)cc(OC)c2)=NN1c1cc(N2CCC(CNC)C2)ccc1C(F)(F)F.CCC=O. The Morgan fingerprint density at radius 3 is 2.49 bits per heavy atom. The number of carbonyl (C=O) groups is 1. The van der Waals surface area contributed by atoms with Gasteiger partial charge in [0.15, 0.2) is 0 Å². The maximum Gasteiger partial charge on any atom is 0.418 e. The van der Waals surface area contributed by atoms with Gasteiger partial charge in [0, 0.05) is 30.8 Å². The van der Waals surface area contributed by atoms with E-state index in [1.165, 1.54) is 11.1 Å². The van der Waals surface area contributed by atoms with Gasteiger partial charge in [-0.15, -0.1) is 0 Å². The molecule has 2 aromatic rings. The van der Waals surface area contributed by atoms with E-state index in [9.17, 15) is 18.0 Å². The van der Waals surface area contributed by atoms with E-state index in [0.29, 0.717) is 12.3 Å². The molecular formula is C34H43F3N4O2. The van der Waals surface area contributed by atoms with Crippen molar-refractivity contribution in [1.29, 1.82) is 0 Å². The van der Waals surface area contributed by atoms with Gasteiger partial charge in [-0.3, -0.25) is 0 Å². The van der Waals surface area contributed by atoms with Crippen molar-refractivity contribution in [2.45, 2.75) is 65.5 Å². The first kappa shape index (κ1) is 32.3. The van der Waals surface area contributed by atoms with Crippen LogP contribution in [0.15, 0.2) is 64.4 Å². The number of carbonyl (C=O) groups excluding carboxylic acids is 1. The summed E-state index contributed by atoms with van der Waals surface area (Å²) < 4.78 is 48.9. The quantitative estimate of drug-likeness (QED) is 0.320. The summed E-state index contributed by atoms with van der Waals surface area (Å²) in [4.78, 5) is 11.4. The fourth-order valence-corrected chi connectivity index (χ4v) is 6.12. The zero-order chi connectivity index (χ0) is 31.1. The lowest BCUT2D eigenvalue weighted by Gasteiger charge is -2.33. The summed E-state index contributed by atoms with van der Waals surface area (Å²) in [5, 5.41) is 9.76. The zero-order valence-electron chi connectivity index (χ0n) is 25.9. The first-order valence-electron chi connectivity index (χ1n) is 15.2. The van der Waals surface area contributed by atoms with Gasteiger partial charge in [0.1, 0.15) is 12.0 Å². The van der Waals surface area contributed by atoms with Crippen molar-refractivity contribution in [3.8, 4) is 5.75 Å². The number of nitrogens with zero attached hydrogens (tertiary/aromatic N) is 3. The van der Waals surface area contributed by atoms with Gasteiger partial charge in [-0.2, -0.15) is 18.3 Å². The molecule has 0 amide bonds. The third kappa shape index (κ3) is 7.15. The van der Waals surface area contributed by atoms with Gasteiger partial charge in [-0.25, -0.2) is 5.01 Å². The number of alkyl halides is 3. The number of anilines is 2. The van der Waals surface area contributed by atoms with Crippen LogP contribution in [-0.4, -0.2) is 45.8 Å². The highest BCUT2D eigenvalue weighted by atomic mass is 19.4. The molecule has 2 aromatic carbocycles. The number of aldehydes is 1. The van der Waals surface area contributed by atoms with E-state index in [1.807, 2.05) is 39.1 Å². The Labute approximate surface area is 253 Å². The first-order chi connectivity index (χ1) is 20.7. The Hall–Kier alpha value is -3.59. The van der Waals surface area contributed by atoms with E-state index >= 15 is 0 Å². The van der Waals surface area contributed by atoms with Crippen molar-refractivity contribution in [3.05, 3.63) is 76.0 Å². The molecule has 1 atom stereocenters. The molecule has 2 aliphatic heterocycles. The monoisotopic (exact) mass is 596 g/mol. The lowest BCUT2D eigenvalue weighted by molar-refractivity contribution is -0.137. The van der Waals surface area contributed by atoms with Crippen LogP contribution in [0, 0.1) is 5.92 Å². The predicted molar refractivity (Wildman–Crippen MR) is 168 cm³/mol. The minimum Gasteiger partial charge on any atom is -0.497 e. The summed E-state index contributed by atoms with van der Waals surface area (Å²) in [6, 6.07) is 10.5. The molecule has 1 fully saturated rings. The van der Waals surface area contributed by atoms with E-state index in [0.717, 1.165) is 103 Å². The highest BCUT2D eigenvalue weighted by molar-refractivity contribution is 6.15. The fourth-order valence-electron chi connectivity index (χ4n) is 6.12. The summed E-state index contributed by atoms with van der Waals surface area (Å²) in [6.07, 6.45) is 3.34. The summed E-state index contributed by atoms with van der Waals surface area (Å²) >= 11 is 0. The molecule has 0 bridgehead atoms. The van der Waals surface area contributed by atoms with E-state index in [4.69, 9.17) is 9.84 Å². The molecule has 9 heteroatoms. The molecule has 1 aliphatic carbocycles. The summed E-state index contributed by atoms with van der Waals surface area (Å²) in [6.45, 7) is 8.30. The predicted octanol–water partition coefficient (Wildman–Crippen LogP) is 7.53. The Kier molecular flexibility index (Phi) is 10.7. The summed E-state index contributed by atoms with van der Waals surface area (Å²) in [5.41, 5.74) is 5.83. The van der Waals surface area contributed by atoms with Crippen LogP contribution in [0.25, 0.3) is 0 Å². The molecule has 0 radical (unpaired) electrons. The Balaban J connectivity index is 0.000000996. The van der Waals surface area contributed by atoms with Crippen molar-refractivity contribution in [2.75, 3.05) is 43.7 Å². The summed E-state index contributed by atoms with van der Waals surface area (Å²) in [7, 11) is 3.56. The topological polar surface area (TPSA) is 57.2 Å². The highest BCUT2D eigenvalue weighted by Gasteiger charge is 2.39. The number of methoxy groups -OCH3 is 1. The third-order valence-electron chi connectivity index (χ3n) is 8.22. The molecule has 43 heavy (non-hydrogen) atoms. The molecule has 232 valence electrons. The second-order valence-electron chi connectivity index (χ2n) is 11.1. The smallest absolute Gasteiger partial charge is 0.418 e. The van der Waals surface area contributed by atoms with E-state index in [1.54, 1.807) is 19.2 Å². The fraction of sp³-hybridized carbons (Fsp3) is 0.471. The largest absolute Gasteiger partial charge is 0.497 e. The number of rotatable bonds is 8. The zero-order valence-corrected chi connectivity index (χ0v) is 25.9. The van der Waals surface area contributed by atoms with Gasteiger partial charge in [0.05, 0.1) is 29.8 Å². The molecular weight excluding hydrogens is 553 g/mol. The van der Waals surface area contributed by atoms with Gasteiger partial charge in [-0.05, 0) is 112 Å². The molecule has 3 aliphatic rings. The standard InChI is InChI=1S/C31H37F3N4O.C3H6O/c1-5-20-14-22(16-24(15-20)39-4)30-26-9-7-8-25(26)28(6-2)38(36-30)29-17-23(10-11-27(29)31(32,33)34)37-13-12-21(19-37)18-35-3;1-2-3-4/h6,10-11,14-17,21,35H,5,7-9,12-13,18-19H2,1-4H3;3H,2H2,1H3/b28-6-;. The van der Waals surface area contributed by atoms with Crippen LogP contribution in [0.4, 0.5) is 24.5 Å². The van der Waals surface area contributed by atoms with E-state index in [2.05, 4.69) is 23.2 Å². The number of hydrogen-bond donors (Lipinski definition) is 1. The first-order valence-corrected chi connectivity index (χ1v) is 15.2. The highest BCUT2D eigenvalue weighted by Crippen LogP contribution is 2.46. The van der Waals surface area contributed by atoms with Crippen LogP contribution >= 0.6 is 0 Å². The van der Waals surface area contributed by atoms with Crippen LogP contribution in [0.2, 0.25) is 0 Å². The molecule has 0 spiro atoms. The molecule has 0 aromatic heterocycles. The van der Waals surface area contributed by atoms with Gasteiger partial charge < -0.3 is 19.7 Å². The van der Waals surface area contributed by atoms with Crippen molar-refractivity contribution >= 4 is 23.4 Å². The number of allylic oxidation sites excluding steroid dienone is 3. The van der Waals surface area contributed by atoms with Gasteiger partial charge in [-0.1, -0.05) is 19.9 Å². The molecule has 0 saturated carbocycles. The molecule has 1 saturated heterocycles. The average Bonchev–Trinajstić information content (AvgIpc) is 3.70. The van der Waals surface area contributed by atoms with E-state index in [-0.39, 0.29) is 5.69 Å². The molecule has 6 nitrogen and oxygen atoms in total. The molecule has 1 N–H and O–H groups in total. The van der Waals surface area contributed by atoms with Crippen LogP contribution in [0.1, 0.15) is 69.6 Å². The van der Waals surface area contributed by atoms with Crippen LogP contribution < -0.4 is 20.0 Å². The number of aryl methyl sites for hydroxylation is 1. The number of nitrogens with one attached hydrogen (secondary N) is 1. The summed E-state index contributed by atoms with van der Waals surface area (Å²) in [5.74, 6) is 1.19. The number of halogens is 3. The number of ether oxygens (including phenoxy) is 1. The normalized spacial score (nSPS) is 19.3. The van der Waals surface area contributed by atoms with Crippen molar-refractivity contribution in [1.82, 2.24) is 5.32 Å². The minimum absolute atomic E-state index is 0.0692. The molecule has 1 unspecified atom stereocenters. The molecule has 5 rings (SSSR count). The second kappa shape index (κ2) is 14.3. The van der Waals surface area contributed by atoms with Crippen LogP contribution in [-0.2, 0) is 17.4 Å². The average molecular weight is 597 g/mol. The van der Waals surface area contributed by atoms with E-state index < -0.39 is 11.7 Å². The van der Waals surface area contributed by atoms with Crippen molar-refractivity contribution in [2.24, 2.45) is 11.0 Å². The van der Waals surface area contributed by atoms with Gasteiger partial charge in [0.2, 0.25) is 0 Å². The number of hydrogen-bond acceptors (Lipinski definition) is 6. The van der Waals surface area contributed by atoms with Crippen LogP contribution in [0.5, 0.6) is 5.75 Å². The Morgan fingerprint density at radius 2 is 1.86 bits per heavy atom. The van der Waals surface area contributed by atoms with Crippen LogP contribution in [0.3, 0.4) is 0 Å².